The molecule has 2 heteroatoms. The van der Waals surface area contributed by atoms with Gasteiger partial charge in [-0.05, 0) is 49.1 Å². The van der Waals surface area contributed by atoms with Crippen LogP contribution in [0.4, 0.5) is 0 Å². The first-order chi connectivity index (χ1) is 8.67. The fourth-order valence-corrected chi connectivity index (χ4v) is 3.08. The van der Waals surface area contributed by atoms with E-state index >= 15 is 0 Å². The van der Waals surface area contributed by atoms with Crippen LogP contribution in [0.3, 0.4) is 0 Å². The summed E-state index contributed by atoms with van der Waals surface area (Å²) >= 11 is 5.93. The van der Waals surface area contributed by atoms with Gasteiger partial charge >= 0.3 is 0 Å². The molecular formula is C16H21ClO. The van der Waals surface area contributed by atoms with E-state index in [1.807, 2.05) is 19.1 Å². The van der Waals surface area contributed by atoms with Crippen molar-refractivity contribution in [2.45, 2.75) is 51.9 Å². The van der Waals surface area contributed by atoms with Gasteiger partial charge in [0.05, 0.1) is 5.41 Å². The molecular weight excluding hydrogens is 244 g/mol. The summed E-state index contributed by atoms with van der Waals surface area (Å²) in [5, 5.41) is -0.237. The molecule has 1 rings (SSSR count). The van der Waals surface area contributed by atoms with Gasteiger partial charge in [0.15, 0.2) is 0 Å². The van der Waals surface area contributed by atoms with Crippen molar-refractivity contribution < 1.29 is 4.79 Å². The van der Waals surface area contributed by atoms with E-state index in [0.29, 0.717) is 0 Å². The van der Waals surface area contributed by atoms with Gasteiger partial charge < -0.3 is 0 Å². The van der Waals surface area contributed by atoms with Crippen LogP contribution < -0.4 is 0 Å². The Hall–Kier alpha value is -1.00. The van der Waals surface area contributed by atoms with Crippen LogP contribution >= 0.6 is 11.6 Å². The predicted octanol–water partition coefficient (Wildman–Crippen LogP) is 4.62. The first-order valence-electron chi connectivity index (χ1n) is 6.67. The van der Waals surface area contributed by atoms with E-state index in [2.05, 4.69) is 5.92 Å². The zero-order chi connectivity index (χ0) is 13.4. The molecule has 1 aliphatic rings. The van der Waals surface area contributed by atoms with Crippen molar-refractivity contribution in [3.05, 3.63) is 23.8 Å². The third kappa shape index (κ3) is 3.50. The molecule has 0 unspecified atom stereocenters. The molecule has 1 nitrogen and oxygen atoms in total. The number of carbonyl (C=O) groups excluding carboxylic acids is 1. The van der Waals surface area contributed by atoms with E-state index in [0.717, 1.165) is 31.3 Å². The molecule has 0 aromatic heterocycles. The highest BCUT2D eigenvalue weighted by molar-refractivity contribution is 6.65. The lowest BCUT2D eigenvalue weighted by Crippen LogP contribution is -2.30. The summed E-state index contributed by atoms with van der Waals surface area (Å²) < 4.78 is 0. The molecule has 98 valence electrons. The monoisotopic (exact) mass is 264 g/mol. The van der Waals surface area contributed by atoms with Crippen molar-refractivity contribution in [3.63, 3.8) is 0 Å². The number of terminal acetylenes is 1. The molecule has 0 amide bonds. The molecule has 0 N–H and O–H groups in total. The number of halogens is 1. The first-order valence-corrected chi connectivity index (χ1v) is 7.04. The fourth-order valence-electron chi connectivity index (χ4n) is 2.78. The maximum Gasteiger partial charge on any atom is 0.232 e. The molecule has 1 fully saturated rings. The molecule has 1 saturated carbocycles. The maximum absolute atomic E-state index is 12.0. The Bertz CT molecular complexity index is 376. The average molecular weight is 265 g/mol. The van der Waals surface area contributed by atoms with Crippen LogP contribution in [0.1, 0.15) is 51.9 Å². The summed E-state index contributed by atoms with van der Waals surface area (Å²) in [7, 11) is 0. The van der Waals surface area contributed by atoms with E-state index in [4.69, 9.17) is 18.0 Å². The van der Waals surface area contributed by atoms with Gasteiger partial charge in [0.2, 0.25) is 5.24 Å². The van der Waals surface area contributed by atoms with Crippen LogP contribution in [0.2, 0.25) is 0 Å². The molecule has 1 aliphatic carbocycles. The van der Waals surface area contributed by atoms with Crippen molar-refractivity contribution in [2.24, 2.45) is 5.41 Å². The van der Waals surface area contributed by atoms with Gasteiger partial charge in [-0.25, -0.2) is 0 Å². The minimum absolute atomic E-state index is 0.237. The van der Waals surface area contributed by atoms with Gasteiger partial charge in [0.1, 0.15) is 0 Å². The number of rotatable bonds is 3. The minimum atomic E-state index is -0.524. The Kier molecular flexibility index (Phi) is 6.22. The van der Waals surface area contributed by atoms with Crippen LogP contribution in [-0.4, -0.2) is 5.24 Å². The smallest absolute Gasteiger partial charge is 0.232 e. The Morgan fingerprint density at radius 3 is 2.22 bits per heavy atom. The lowest BCUT2D eigenvalue weighted by molar-refractivity contribution is -0.119. The van der Waals surface area contributed by atoms with Crippen molar-refractivity contribution >= 4 is 16.8 Å². The van der Waals surface area contributed by atoms with Crippen LogP contribution in [0.5, 0.6) is 0 Å². The van der Waals surface area contributed by atoms with Crippen molar-refractivity contribution in [1.82, 2.24) is 0 Å². The molecule has 0 bridgehead atoms. The number of allylic oxidation sites excluding steroid dienone is 4. The summed E-state index contributed by atoms with van der Waals surface area (Å²) in [5.74, 6) is 2.48. The second kappa shape index (κ2) is 7.44. The third-order valence-corrected chi connectivity index (χ3v) is 4.17. The van der Waals surface area contributed by atoms with E-state index in [1.54, 1.807) is 6.08 Å². The largest absolute Gasteiger partial charge is 0.280 e. The standard InChI is InChI=1S/C16H21ClO/c1-3-5-11-14(4-2)16(15(17)18)12-9-7-6-8-10-13-16/h1,4-5,11H,6-10,12-13H2,2H3/b11-5-,14-4+. The zero-order valence-electron chi connectivity index (χ0n) is 11.0. The summed E-state index contributed by atoms with van der Waals surface area (Å²) in [5.41, 5.74) is 0.451. The third-order valence-electron chi connectivity index (χ3n) is 3.81. The normalized spacial score (nSPS) is 21.1. The molecule has 0 aromatic rings. The highest BCUT2D eigenvalue weighted by atomic mass is 35.5. The number of hydrogen-bond donors (Lipinski definition) is 0. The fraction of sp³-hybridized carbons (Fsp3) is 0.562. The Labute approximate surface area is 115 Å². The van der Waals surface area contributed by atoms with Gasteiger partial charge in [-0.3, -0.25) is 4.79 Å². The van der Waals surface area contributed by atoms with Gasteiger partial charge in [-0.2, -0.15) is 0 Å². The quantitative estimate of drug-likeness (QED) is 0.413. The maximum atomic E-state index is 12.0. The van der Waals surface area contributed by atoms with Crippen LogP contribution in [-0.2, 0) is 4.79 Å². The Morgan fingerprint density at radius 2 is 1.78 bits per heavy atom. The van der Waals surface area contributed by atoms with Gasteiger partial charge in [0, 0.05) is 0 Å². The molecule has 0 saturated heterocycles. The topological polar surface area (TPSA) is 17.1 Å². The first kappa shape index (κ1) is 15.1. The minimum Gasteiger partial charge on any atom is -0.280 e. The van der Waals surface area contributed by atoms with E-state index in [-0.39, 0.29) is 5.24 Å². The zero-order valence-corrected chi connectivity index (χ0v) is 11.8. The van der Waals surface area contributed by atoms with Gasteiger partial charge in [-0.15, -0.1) is 6.42 Å². The highest BCUT2D eigenvalue weighted by Crippen LogP contribution is 2.43. The second-order valence-electron chi connectivity index (χ2n) is 4.87. The molecule has 0 aliphatic heterocycles. The summed E-state index contributed by atoms with van der Waals surface area (Å²) in [6, 6.07) is 0. The van der Waals surface area contributed by atoms with Crippen LogP contribution in [0.25, 0.3) is 0 Å². The average Bonchev–Trinajstić information content (AvgIpc) is 2.31. The SMILES string of the molecule is C#C/C=C\C(=C/C)C1(C(=O)Cl)CCCCCCC1. The molecule has 0 radical (unpaired) electrons. The molecule has 0 atom stereocenters. The lowest BCUT2D eigenvalue weighted by atomic mass is 9.71. The Balaban J connectivity index is 3.07. The van der Waals surface area contributed by atoms with Crippen molar-refractivity contribution in [3.8, 4) is 12.3 Å². The predicted molar refractivity (Wildman–Crippen MR) is 77.3 cm³/mol. The summed E-state index contributed by atoms with van der Waals surface area (Å²) in [4.78, 5) is 12.0. The molecule has 0 heterocycles. The van der Waals surface area contributed by atoms with Crippen molar-refractivity contribution in [2.75, 3.05) is 0 Å². The second-order valence-corrected chi connectivity index (χ2v) is 5.21. The summed E-state index contributed by atoms with van der Waals surface area (Å²) in [6.45, 7) is 1.94. The molecule has 0 aromatic carbocycles. The lowest BCUT2D eigenvalue weighted by Gasteiger charge is -2.33. The van der Waals surface area contributed by atoms with Gasteiger partial charge in [-0.1, -0.05) is 44.1 Å². The Morgan fingerprint density at radius 1 is 1.22 bits per heavy atom. The van der Waals surface area contributed by atoms with Gasteiger partial charge in [0.25, 0.3) is 0 Å². The van der Waals surface area contributed by atoms with E-state index in [9.17, 15) is 4.79 Å². The number of carbonyl (C=O) groups is 1. The summed E-state index contributed by atoms with van der Waals surface area (Å²) in [6.07, 6.45) is 18.1. The van der Waals surface area contributed by atoms with Crippen LogP contribution in [0, 0.1) is 17.8 Å². The number of hydrogen-bond acceptors (Lipinski definition) is 1. The molecule has 0 spiro atoms. The van der Waals surface area contributed by atoms with Crippen molar-refractivity contribution in [1.29, 1.82) is 0 Å². The highest BCUT2D eigenvalue weighted by Gasteiger charge is 2.38. The molecule has 18 heavy (non-hydrogen) atoms. The van der Waals surface area contributed by atoms with E-state index < -0.39 is 5.41 Å². The van der Waals surface area contributed by atoms with Crippen LogP contribution in [0.15, 0.2) is 23.8 Å². The van der Waals surface area contributed by atoms with E-state index in [1.165, 1.54) is 19.3 Å².